The summed E-state index contributed by atoms with van der Waals surface area (Å²) in [5.41, 5.74) is -0.151. The maximum atomic E-state index is 11.0. The molecular weight excluding hydrogens is 216 g/mol. The van der Waals surface area contributed by atoms with Gasteiger partial charge in [0.1, 0.15) is 0 Å². The van der Waals surface area contributed by atoms with Crippen LogP contribution in [0.5, 0.6) is 0 Å². The molecule has 0 aromatic carbocycles. The van der Waals surface area contributed by atoms with Gasteiger partial charge in [-0.2, -0.15) is 0 Å². The van der Waals surface area contributed by atoms with Crippen LogP contribution in [0.1, 0.15) is 12.8 Å². The minimum absolute atomic E-state index is 0.0826. The largest absolute Gasteiger partial charge is 0.481 e. The van der Waals surface area contributed by atoms with E-state index in [0.29, 0.717) is 0 Å². The summed E-state index contributed by atoms with van der Waals surface area (Å²) in [7, 11) is 1.21. The van der Waals surface area contributed by atoms with Gasteiger partial charge in [0.25, 0.3) is 0 Å². The van der Waals surface area contributed by atoms with Gasteiger partial charge in [-0.1, -0.05) is 6.08 Å². The molecule has 6 nitrogen and oxygen atoms in total. The van der Waals surface area contributed by atoms with Crippen LogP contribution in [0.4, 0.5) is 0 Å². The van der Waals surface area contributed by atoms with Crippen LogP contribution in [0.2, 0.25) is 0 Å². The molecule has 0 aliphatic heterocycles. The van der Waals surface area contributed by atoms with E-state index >= 15 is 0 Å². The van der Waals surface area contributed by atoms with Crippen molar-refractivity contribution < 1.29 is 29.3 Å². The first-order valence-electron chi connectivity index (χ1n) is 4.70. The normalized spacial score (nSPS) is 23.7. The zero-order valence-corrected chi connectivity index (χ0v) is 8.67. The minimum atomic E-state index is -1.25. The number of carbonyl (C=O) groups excluding carboxylic acids is 1. The number of carbonyl (C=O) groups is 3. The van der Waals surface area contributed by atoms with E-state index in [-0.39, 0.29) is 18.4 Å². The molecule has 1 aliphatic rings. The van der Waals surface area contributed by atoms with Gasteiger partial charge in [-0.25, -0.2) is 4.79 Å². The molecular formula is C10H12O6. The first-order valence-corrected chi connectivity index (χ1v) is 4.70. The second kappa shape index (κ2) is 4.78. The number of carboxylic acid groups (broad SMARTS) is 2. The monoisotopic (exact) mass is 228 g/mol. The summed E-state index contributed by atoms with van der Waals surface area (Å²) in [5, 5.41) is 17.7. The highest BCUT2D eigenvalue weighted by Crippen LogP contribution is 2.34. The van der Waals surface area contributed by atoms with Crippen LogP contribution in [-0.2, 0) is 19.1 Å². The van der Waals surface area contributed by atoms with Gasteiger partial charge in [0.15, 0.2) is 0 Å². The number of hydrogen-bond acceptors (Lipinski definition) is 4. The average Bonchev–Trinajstić information content (AvgIpc) is 2.61. The van der Waals surface area contributed by atoms with E-state index in [4.69, 9.17) is 10.2 Å². The Bertz CT molecular complexity index is 356. The first-order chi connectivity index (χ1) is 7.47. The first kappa shape index (κ1) is 12.2. The molecule has 1 rings (SSSR count). The van der Waals surface area contributed by atoms with Gasteiger partial charge >= 0.3 is 17.9 Å². The highest BCUT2D eigenvalue weighted by atomic mass is 16.5. The lowest BCUT2D eigenvalue weighted by Crippen LogP contribution is -2.26. The molecule has 0 amide bonds. The Kier molecular flexibility index (Phi) is 3.65. The van der Waals surface area contributed by atoms with E-state index in [1.54, 1.807) is 0 Å². The van der Waals surface area contributed by atoms with E-state index in [9.17, 15) is 14.4 Å². The molecule has 2 N–H and O–H groups in total. The molecule has 88 valence electrons. The van der Waals surface area contributed by atoms with Gasteiger partial charge < -0.3 is 14.9 Å². The summed E-state index contributed by atoms with van der Waals surface area (Å²) in [6.07, 6.45) is 1.54. The van der Waals surface area contributed by atoms with Crippen molar-refractivity contribution >= 4 is 17.9 Å². The number of esters is 1. The molecule has 6 heteroatoms. The van der Waals surface area contributed by atoms with Gasteiger partial charge in [0.05, 0.1) is 13.0 Å². The second-order valence-corrected chi connectivity index (χ2v) is 3.56. The minimum Gasteiger partial charge on any atom is -0.481 e. The Morgan fingerprint density at radius 2 is 2.06 bits per heavy atom. The molecule has 0 heterocycles. The summed E-state index contributed by atoms with van der Waals surface area (Å²) in [6, 6.07) is 0. The maximum absolute atomic E-state index is 11.0. The number of hydrogen-bond donors (Lipinski definition) is 2. The predicted molar refractivity (Wildman–Crippen MR) is 51.6 cm³/mol. The lowest BCUT2D eigenvalue weighted by atomic mass is 9.88. The van der Waals surface area contributed by atoms with E-state index in [2.05, 4.69) is 4.74 Å². The Morgan fingerprint density at radius 3 is 2.50 bits per heavy atom. The van der Waals surface area contributed by atoms with Gasteiger partial charge in [-0.15, -0.1) is 0 Å². The van der Waals surface area contributed by atoms with Crippen molar-refractivity contribution in [2.75, 3.05) is 7.11 Å². The van der Waals surface area contributed by atoms with Crippen molar-refractivity contribution in [3.8, 4) is 0 Å². The van der Waals surface area contributed by atoms with Crippen LogP contribution < -0.4 is 0 Å². The van der Waals surface area contributed by atoms with Crippen molar-refractivity contribution in [2.24, 2.45) is 11.8 Å². The molecule has 0 saturated carbocycles. The molecule has 2 atom stereocenters. The number of rotatable bonds is 4. The van der Waals surface area contributed by atoms with E-state index in [1.165, 1.54) is 13.2 Å². The van der Waals surface area contributed by atoms with Crippen molar-refractivity contribution in [2.45, 2.75) is 12.8 Å². The van der Waals surface area contributed by atoms with E-state index in [1.807, 2.05) is 0 Å². The zero-order chi connectivity index (χ0) is 12.3. The van der Waals surface area contributed by atoms with Crippen LogP contribution in [-0.4, -0.2) is 35.2 Å². The quantitative estimate of drug-likeness (QED) is 0.670. The SMILES string of the molecule is COC(=O)CC1CC=C(C(=O)O)C1C(=O)O. The summed E-state index contributed by atoms with van der Waals surface area (Å²) in [4.78, 5) is 32.7. The summed E-state index contributed by atoms with van der Waals surface area (Å²) in [6.45, 7) is 0. The second-order valence-electron chi connectivity index (χ2n) is 3.56. The summed E-state index contributed by atoms with van der Waals surface area (Å²) < 4.78 is 4.43. The third kappa shape index (κ3) is 2.39. The molecule has 0 aromatic rings. The molecule has 0 aromatic heterocycles. The fraction of sp³-hybridized carbons (Fsp3) is 0.500. The fourth-order valence-electron chi connectivity index (χ4n) is 1.85. The van der Waals surface area contributed by atoms with Crippen molar-refractivity contribution in [3.05, 3.63) is 11.6 Å². The highest BCUT2D eigenvalue weighted by molar-refractivity contribution is 5.95. The average molecular weight is 228 g/mol. The number of methoxy groups -OCH3 is 1. The third-order valence-corrected chi connectivity index (χ3v) is 2.62. The Balaban J connectivity index is 2.81. The van der Waals surface area contributed by atoms with E-state index in [0.717, 1.165) is 0 Å². The van der Waals surface area contributed by atoms with Crippen LogP contribution in [0.3, 0.4) is 0 Å². The van der Waals surface area contributed by atoms with Gasteiger partial charge in [-0.05, 0) is 12.3 Å². The van der Waals surface area contributed by atoms with Crippen molar-refractivity contribution in [3.63, 3.8) is 0 Å². The number of ether oxygens (including phenoxy) is 1. The van der Waals surface area contributed by atoms with Gasteiger partial charge in [-0.3, -0.25) is 9.59 Å². The molecule has 16 heavy (non-hydrogen) atoms. The predicted octanol–water partition coefficient (Wildman–Crippen LogP) is 0.281. The molecule has 0 bridgehead atoms. The van der Waals surface area contributed by atoms with Gasteiger partial charge in [0, 0.05) is 12.0 Å². The number of allylic oxidation sites excluding steroid dienone is 1. The van der Waals surface area contributed by atoms with Crippen LogP contribution >= 0.6 is 0 Å². The maximum Gasteiger partial charge on any atom is 0.332 e. The third-order valence-electron chi connectivity index (χ3n) is 2.62. The topological polar surface area (TPSA) is 101 Å². The smallest absolute Gasteiger partial charge is 0.332 e. The summed E-state index contributed by atoms with van der Waals surface area (Å²) >= 11 is 0. The van der Waals surface area contributed by atoms with Crippen LogP contribution in [0.15, 0.2) is 11.6 Å². The molecule has 0 fully saturated rings. The number of carboxylic acids is 2. The Hall–Kier alpha value is -1.85. The lowest BCUT2D eigenvalue weighted by molar-refractivity contribution is -0.147. The van der Waals surface area contributed by atoms with Crippen molar-refractivity contribution in [1.82, 2.24) is 0 Å². The van der Waals surface area contributed by atoms with Crippen LogP contribution in [0.25, 0.3) is 0 Å². The Labute approximate surface area is 91.5 Å². The van der Waals surface area contributed by atoms with Crippen LogP contribution in [0, 0.1) is 11.8 Å². The van der Waals surface area contributed by atoms with E-state index < -0.39 is 29.7 Å². The zero-order valence-electron chi connectivity index (χ0n) is 8.67. The molecule has 0 radical (unpaired) electrons. The Morgan fingerprint density at radius 1 is 1.44 bits per heavy atom. The standard InChI is InChI=1S/C10H12O6/c1-16-7(11)4-5-2-3-6(9(12)13)8(5)10(14)15/h3,5,8H,2,4H2,1H3,(H,12,13)(H,14,15). The molecule has 1 aliphatic carbocycles. The highest BCUT2D eigenvalue weighted by Gasteiger charge is 2.39. The molecule has 0 saturated heterocycles. The molecule has 2 unspecified atom stereocenters. The van der Waals surface area contributed by atoms with Gasteiger partial charge in [0.2, 0.25) is 0 Å². The summed E-state index contributed by atoms with van der Waals surface area (Å²) in [5.74, 6) is -4.66. The molecule has 0 spiro atoms. The fourth-order valence-corrected chi connectivity index (χ4v) is 1.85. The lowest BCUT2D eigenvalue weighted by Gasteiger charge is -2.15. The van der Waals surface area contributed by atoms with Crippen molar-refractivity contribution in [1.29, 1.82) is 0 Å². The number of aliphatic carboxylic acids is 2.